The Bertz CT molecular complexity index is 366. The highest BCUT2D eigenvalue weighted by molar-refractivity contribution is 5.92. The normalized spacial score (nSPS) is 17.6. The number of carbonyl (C=O) groups excluding carboxylic acids is 1. The molecular formula is C13H18N2O. The van der Waals surface area contributed by atoms with Gasteiger partial charge in [-0.1, -0.05) is 18.6 Å². The lowest BCUT2D eigenvalue weighted by Crippen LogP contribution is -2.28. The fourth-order valence-electron chi connectivity index (χ4n) is 1.78. The third kappa shape index (κ3) is 2.42. The number of carbonyl (C=O) groups is 1. The number of nitrogens with two attached hydrogens (primary N) is 1. The van der Waals surface area contributed by atoms with E-state index in [0.29, 0.717) is 0 Å². The first-order valence-corrected chi connectivity index (χ1v) is 5.83. The summed E-state index contributed by atoms with van der Waals surface area (Å²) in [4.78, 5) is 11.7. The Kier molecular flexibility index (Phi) is 3.25. The molecule has 1 aliphatic rings. The zero-order valence-corrected chi connectivity index (χ0v) is 9.57. The Morgan fingerprint density at radius 3 is 2.44 bits per heavy atom. The van der Waals surface area contributed by atoms with Crippen molar-refractivity contribution in [3.63, 3.8) is 0 Å². The number of benzene rings is 1. The molecule has 1 saturated carbocycles. The highest BCUT2D eigenvalue weighted by Crippen LogP contribution is 2.27. The Labute approximate surface area is 96.0 Å². The first-order valence-electron chi connectivity index (χ1n) is 5.83. The van der Waals surface area contributed by atoms with Crippen molar-refractivity contribution in [2.75, 3.05) is 5.32 Å². The van der Waals surface area contributed by atoms with E-state index in [1.165, 1.54) is 6.42 Å². The van der Waals surface area contributed by atoms with Gasteiger partial charge in [-0.25, -0.2) is 0 Å². The Morgan fingerprint density at radius 2 is 2.00 bits per heavy atom. The minimum Gasteiger partial charge on any atom is -0.326 e. The van der Waals surface area contributed by atoms with E-state index in [0.717, 1.165) is 24.1 Å². The second kappa shape index (κ2) is 4.66. The van der Waals surface area contributed by atoms with Gasteiger partial charge in [0.2, 0.25) is 5.91 Å². The molecule has 0 bridgehead atoms. The maximum Gasteiger partial charge on any atom is 0.227 e. The monoisotopic (exact) mass is 218 g/mol. The van der Waals surface area contributed by atoms with E-state index in [-0.39, 0.29) is 17.9 Å². The van der Waals surface area contributed by atoms with E-state index in [4.69, 9.17) is 5.73 Å². The molecule has 0 saturated heterocycles. The van der Waals surface area contributed by atoms with E-state index >= 15 is 0 Å². The largest absolute Gasteiger partial charge is 0.326 e. The fourth-order valence-corrected chi connectivity index (χ4v) is 1.78. The van der Waals surface area contributed by atoms with Crippen LogP contribution in [0.5, 0.6) is 0 Å². The molecule has 1 fully saturated rings. The van der Waals surface area contributed by atoms with Crippen LogP contribution in [0, 0.1) is 5.92 Å². The Hall–Kier alpha value is -1.35. The summed E-state index contributed by atoms with van der Waals surface area (Å²) in [6, 6.07) is 7.78. The Balaban J connectivity index is 1.96. The van der Waals surface area contributed by atoms with Crippen LogP contribution in [0.1, 0.15) is 37.8 Å². The number of amides is 1. The molecule has 16 heavy (non-hydrogen) atoms. The lowest BCUT2D eigenvalue weighted by Gasteiger charge is -2.24. The number of hydrogen-bond donors (Lipinski definition) is 2. The SMILES string of the molecule is CC(N)c1ccc(NC(=O)C2CCC2)cc1. The van der Waals surface area contributed by atoms with Crippen molar-refractivity contribution >= 4 is 11.6 Å². The summed E-state index contributed by atoms with van der Waals surface area (Å²) in [6.07, 6.45) is 3.25. The molecule has 1 aromatic carbocycles. The molecule has 0 heterocycles. The van der Waals surface area contributed by atoms with Crippen molar-refractivity contribution < 1.29 is 4.79 Å². The molecule has 0 aromatic heterocycles. The number of rotatable bonds is 3. The summed E-state index contributed by atoms with van der Waals surface area (Å²) in [5.74, 6) is 0.382. The highest BCUT2D eigenvalue weighted by atomic mass is 16.1. The predicted molar refractivity (Wildman–Crippen MR) is 65.0 cm³/mol. The molecule has 0 radical (unpaired) electrons. The quantitative estimate of drug-likeness (QED) is 0.818. The molecule has 1 aliphatic carbocycles. The molecule has 1 unspecified atom stereocenters. The van der Waals surface area contributed by atoms with Crippen LogP contribution in [0.4, 0.5) is 5.69 Å². The highest BCUT2D eigenvalue weighted by Gasteiger charge is 2.24. The molecule has 0 spiro atoms. The second-order valence-corrected chi connectivity index (χ2v) is 4.53. The number of nitrogens with one attached hydrogen (secondary N) is 1. The van der Waals surface area contributed by atoms with Crippen molar-refractivity contribution in [2.45, 2.75) is 32.2 Å². The summed E-state index contributed by atoms with van der Waals surface area (Å²) in [6.45, 7) is 1.95. The van der Waals surface area contributed by atoms with Crippen LogP contribution in [-0.2, 0) is 4.79 Å². The van der Waals surface area contributed by atoms with Gasteiger partial charge in [-0.3, -0.25) is 4.79 Å². The third-order valence-electron chi connectivity index (χ3n) is 3.18. The van der Waals surface area contributed by atoms with Gasteiger partial charge in [0.25, 0.3) is 0 Å². The first-order chi connectivity index (χ1) is 7.66. The molecule has 1 atom stereocenters. The van der Waals surface area contributed by atoms with E-state index in [9.17, 15) is 4.79 Å². The molecule has 1 aromatic rings. The molecule has 2 rings (SSSR count). The van der Waals surface area contributed by atoms with Gasteiger partial charge >= 0.3 is 0 Å². The number of hydrogen-bond acceptors (Lipinski definition) is 2. The van der Waals surface area contributed by atoms with Gasteiger partial charge < -0.3 is 11.1 Å². The lowest BCUT2D eigenvalue weighted by atomic mass is 9.85. The zero-order chi connectivity index (χ0) is 11.5. The molecular weight excluding hydrogens is 200 g/mol. The van der Waals surface area contributed by atoms with Crippen LogP contribution in [0.2, 0.25) is 0 Å². The van der Waals surface area contributed by atoms with Gasteiger partial charge in [0.15, 0.2) is 0 Å². The summed E-state index contributed by atoms with van der Waals surface area (Å²) in [5, 5.41) is 2.93. The average molecular weight is 218 g/mol. The lowest BCUT2D eigenvalue weighted by molar-refractivity contribution is -0.122. The van der Waals surface area contributed by atoms with E-state index < -0.39 is 0 Å². The van der Waals surface area contributed by atoms with Crippen LogP contribution in [0.15, 0.2) is 24.3 Å². The molecule has 1 amide bonds. The van der Waals surface area contributed by atoms with Crippen LogP contribution < -0.4 is 11.1 Å². The van der Waals surface area contributed by atoms with E-state index in [1.54, 1.807) is 0 Å². The average Bonchev–Trinajstić information content (AvgIpc) is 2.15. The third-order valence-corrected chi connectivity index (χ3v) is 3.18. The van der Waals surface area contributed by atoms with Crippen molar-refractivity contribution in [1.82, 2.24) is 0 Å². The summed E-state index contributed by atoms with van der Waals surface area (Å²) in [5.41, 5.74) is 7.70. The van der Waals surface area contributed by atoms with Crippen molar-refractivity contribution in [3.8, 4) is 0 Å². The summed E-state index contributed by atoms with van der Waals surface area (Å²) < 4.78 is 0. The standard InChI is InChI=1S/C13H18N2O/c1-9(14)10-5-7-12(8-6-10)15-13(16)11-3-2-4-11/h5-9,11H,2-4,14H2,1H3,(H,15,16). The predicted octanol–water partition coefficient (Wildman–Crippen LogP) is 2.44. The van der Waals surface area contributed by atoms with E-state index in [1.807, 2.05) is 31.2 Å². The number of anilines is 1. The van der Waals surface area contributed by atoms with Gasteiger partial charge in [0, 0.05) is 17.6 Å². The van der Waals surface area contributed by atoms with Crippen molar-refractivity contribution in [1.29, 1.82) is 0 Å². The summed E-state index contributed by atoms with van der Waals surface area (Å²) in [7, 11) is 0. The molecule has 0 aliphatic heterocycles. The van der Waals surface area contributed by atoms with Crippen molar-refractivity contribution in [3.05, 3.63) is 29.8 Å². The van der Waals surface area contributed by atoms with Crippen LogP contribution >= 0.6 is 0 Å². The van der Waals surface area contributed by atoms with Crippen LogP contribution in [0.25, 0.3) is 0 Å². The topological polar surface area (TPSA) is 55.1 Å². The van der Waals surface area contributed by atoms with Crippen LogP contribution in [0.3, 0.4) is 0 Å². The fraction of sp³-hybridized carbons (Fsp3) is 0.462. The second-order valence-electron chi connectivity index (χ2n) is 4.53. The minimum atomic E-state index is 0.0383. The molecule has 86 valence electrons. The van der Waals surface area contributed by atoms with Gasteiger partial charge in [-0.05, 0) is 37.5 Å². The molecule has 3 nitrogen and oxygen atoms in total. The van der Waals surface area contributed by atoms with E-state index in [2.05, 4.69) is 5.32 Å². The Morgan fingerprint density at radius 1 is 1.38 bits per heavy atom. The summed E-state index contributed by atoms with van der Waals surface area (Å²) >= 11 is 0. The molecule has 3 N–H and O–H groups in total. The van der Waals surface area contributed by atoms with Gasteiger partial charge in [-0.15, -0.1) is 0 Å². The first kappa shape index (κ1) is 11.1. The minimum absolute atomic E-state index is 0.0383. The molecule has 3 heteroatoms. The maximum atomic E-state index is 11.7. The van der Waals surface area contributed by atoms with Gasteiger partial charge in [0.05, 0.1) is 0 Å². The van der Waals surface area contributed by atoms with Crippen molar-refractivity contribution in [2.24, 2.45) is 11.7 Å². The van der Waals surface area contributed by atoms with Crippen LogP contribution in [-0.4, -0.2) is 5.91 Å². The smallest absolute Gasteiger partial charge is 0.227 e. The zero-order valence-electron chi connectivity index (χ0n) is 9.57. The maximum absolute atomic E-state index is 11.7. The van der Waals surface area contributed by atoms with Gasteiger partial charge in [0.1, 0.15) is 0 Å². The van der Waals surface area contributed by atoms with Gasteiger partial charge in [-0.2, -0.15) is 0 Å².